The maximum atomic E-state index is 10.9. The fraction of sp³-hybridized carbons (Fsp3) is 0.440. The summed E-state index contributed by atoms with van der Waals surface area (Å²) < 4.78 is 0. The number of benzene rings is 2. The molecule has 41 heavy (non-hydrogen) atoms. The highest BCUT2D eigenvalue weighted by Gasteiger charge is 2.21. The van der Waals surface area contributed by atoms with E-state index in [0.29, 0.717) is 0 Å². The molecule has 4 aromatic rings. The molecule has 4 heterocycles. The molecule has 2 fully saturated rings. The van der Waals surface area contributed by atoms with Crippen molar-refractivity contribution in [1.29, 1.82) is 0 Å². The van der Waals surface area contributed by atoms with Crippen molar-refractivity contribution in [2.75, 3.05) is 83.4 Å². The number of nitrogens with one attached hydrogen (secondary N) is 2. The molecule has 16 heteroatoms. The number of H-pyrrole nitrogens is 2. The molecule has 0 aliphatic carbocycles. The maximum Gasteiger partial charge on any atom is 0.270 e. The first-order valence-electron chi connectivity index (χ1n) is 12.9. The van der Waals surface area contributed by atoms with Crippen molar-refractivity contribution in [3.8, 4) is 0 Å². The van der Waals surface area contributed by atoms with E-state index in [9.17, 15) is 20.2 Å². The smallest absolute Gasteiger partial charge is 0.270 e. The van der Waals surface area contributed by atoms with Crippen LogP contribution < -0.4 is 9.80 Å². The molecule has 6 rings (SSSR count). The lowest BCUT2D eigenvalue weighted by molar-refractivity contribution is -0.384. The van der Waals surface area contributed by atoms with Gasteiger partial charge in [-0.15, -0.1) is 0 Å². The van der Waals surface area contributed by atoms with Crippen LogP contribution in [0.25, 0.3) is 21.8 Å². The Labute approximate surface area is 235 Å². The lowest BCUT2D eigenvalue weighted by atomic mass is 10.2. The number of hydrogen-bond acceptors (Lipinski definition) is 11. The van der Waals surface area contributed by atoms with Gasteiger partial charge in [0.05, 0.1) is 31.7 Å². The lowest BCUT2D eigenvalue weighted by Gasteiger charge is -2.32. The highest BCUT2D eigenvalue weighted by atomic mass is 16.6. The van der Waals surface area contributed by atoms with Crippen LogP contribution in [-0.4, -0.2) is 124 Å². The van der Waals surface area contributed by atoms with Crippen molar-refractivity contribution in [2.24, 2.45) is 0 Å². The van der Waals surface area contributed by atoms with E-state index in [2.05, 4.69) is 54.1 Å². The fourth-order valence-electron chi connectivity index (χ4n) is 4.72. The molecular weight excluding hydrogens is 536 g/mol. The summed E-state index contributed by atoms with van der Waals surface area (Å²) in [5.41, 5.74) is 1.87. The predicted octanol–water partition coefficient (Wildman–Crippen LogP) is 1.23. The monoisotopic (exact) mass is 572 g/mol. The van der Waals surface area contributed by atoms with Crippen LogP contribution in [0.5, 0.6) is 0 Å². The zero-order chi connectivity index (χ0) is 28.8. The second-order valence-corrected chi connectivity index (χ2v) is 9.65. The van der Waals surface area contributed by atoms with Gasteiger partial charge in [0.15, 0.2) is 11.6 Å². The summed E-state index contributed by atoms with van der Waals surface area (Å²) in [4.78, 5) is 29.8. The van der Waals surface area contributed by atoms with Gasteiger partial charge in [-0.2, -0.15) is 10.2 Å². The van der Waals surface area contributed by atoms with Crippen molar-refractivity contribution in [3.63, 3.8) is 0 Å². The van der Waals surface area contributed by atoms with E-state index in [1.807, 2.05) is 0 Å². The molecule has 222 valence electrons. The largest absolute Gasteiger partial charge is 0.412 e. The number of aromatic amines is 2. The average molecular weight is 573 g/mol. The average Bonchev–Trinajstić information content (AvgIpc) is 3.59. The summed E-state index contributed by atoms with van der Waals surface area (Å²) in [6.45, 7) is 7.45. The predicted molar refractivity (Wildman–Crippen MR) is 157 cm³/mol. The van der Waals surface area contributed by atoms with Crippen molar-refractivity contribution in [2.45, 2.75) is 0 Å². The van der Waals surface area contributed by atoms with Gasteiger partial charge in [0.2, 0.25) is 0 Å². The van der Waals surface area contributed by atoms with Crippen LogP contribution in [0.4, 0.5) is 23.0 Å². The Morgan fingerprint density at radius 1 is 0.683 bits per heavy atom. The maximum absolute atomic E-state index is 10.9. The first-order valence-corrected chi connectivity index (χ1v) is 12.9. The van der Waals surface area contributed by atoms with Crippen LogP contribution in [0, 0.1) is 20.2 Å². The van der Waals surface area contributed by atoms with E-state index < -0.39 is 0 Å². The van der Waals surface area contributed by atoms with E-state index in [1.165, 1.54) is 12.1 Å². The first kappa shape index (κ1) is 31.2. The summed E-state index contributed by atoms with van der Waals surface area (Å²) in [6.07, 6.45) is 0. The van der Waals surface area contributed by atoms with Gasteiger partial charge in [-0.05, 0) is 26.2 Å². The molecule has 0 atom stereocenters. The van der Waals surface area contributed by atoms with Crippen LogP contribution in [-0.2, 0) is 0 Å². The van der Waals surface area contributed by atoms with Crippen LogP contribution in [0.1, 0.15) is 0 Å². The number of non-ortho nitro benzene ring substituents is 2. The first-order chi connectivity index (χ1) is 19.3. The standard InChI is InChI=1S/2C12H15N5O2.CH4O.H2O/c2*1-15-4-6-16(7-5-15)12-10-8-9(17(18)19)2-3-11(10)13-14-12;1-2;/h2*2-3,8H,4-7H2,1H3,(H,13,14);2H,1H3;1H2. The van der Waals surface area contributed by atoms with Crippen LogP contribution in [0.2, 0.25) is 0 Å². The van der Waals surface area contributed by atoms with Gasteiger partial charge in [-0.25, -0.2) is 0 Å². The van der Waals surface area contributed by atoms with Gasteiger partial charge in [0.1, 0.15) is 0 Å². The van der Waals surface area contributed by atoms with Crippen molar-refractivity contribution in [3.05, 3.63) is 56.6 Å². The van der Waals surface area contributed by atoms with E-state index >= 15 is 0 Å². The summed E-state index contributed by atoms with van der Waals surface area (Å²) in [5.74, 6) is 1.62. The Kier molecular flexibility index (Phi) is 10.5. The Bertz CT molecular complexity index is 1350. The summed E-state index contributed by atoms with van der Waals surface area (Å²) in [7, 11) is 5.18. The Balaban J connectivity index is 0.000000208. The lowest BCUT2D eigenvalue weighted by Crippen LogP contribution is -2.44. The summed E-state index contributed by atoms with van der Waals surface area (Å²) in [5, 5.41) is 44.8. The number of likely N-dealkylation sites (N-methyl/N-ethyl adjacent to an activating group) is 2. The zero-order valence-electron chi connectivity index (χ0n) is 23.3. The van der Waals surface area contributed by atoms with E-state index in [0.717, 1.165) is 92.9 Å². The number of rotatable bonds is 4. The third-order valence-corrected chi connectivity index (χ3v) is 7.08. The fourth-order valence-corrected chi connectivity index (χ4v) is 4.72. The zero-order valence-corrected chi connectivity index (χ0v) is 23.3. The van der Waals surface area contributed by atoms with Crippen molar-refractivity contribution >= 4 is 44.8 Å². The minimum absolute atomic E-state index is 0. The molecule has 2 aliphatic heterocycles. The minimum Gasteiger partial charge on any atom is -0.412 e. The molecule has 0 radical (unpaired) electrons. The van der Waals surface area contributed by atoms with E-state index in [1.54, 1.807) is 24.3 Å². The number of aromatic nitrogens is 4. The number of fused-ring (bicyclic) bond motifs is 2. The Morgan fingerprint density at radius 3 is 1.34 bits per heavy atom. The molecule has 2 aromatic heterocycles. The highest BCUT2D eigenvalue weighted by Crippen LogP contribution is 2.29. The summed E-state index contributed by atoms with van der Waals surface area (Å²) in [6, 6.07) is 9.58. The molecular formula is C25H36N10O6. The number of piperazine rings is 2. The summed E-state index contributed by atoms with van der Waals surface area (Å²) >= 11 is 0. The SMILES string of the molecule is CN1CCN(c2n[nH]c3ccc([N+](=O)[O-])cc23)CC1.CN1CCN(c2n[nH]c3ccc([N+](=O)[O-])cc23)CC1.CO.O. The molecule has 2 aromatic carbocycles. The second-order valence-electron chi connectivity index (χ2n) is 9.65. The minimum atomic E-state index is -0.375. The van der Waals surface area contributed by atoms with E-state index in [-0.39, 0.29) is 26.7 Å². The molecule has 0 amide bonds. The second kappa shape index (κ2) is 13.8. The number of nitrogens with zero attached hydrogens (tertiary/aromatic N) is 8. The van der Waals surface area contributed by atoms with Crippen molar-refractivity contribution < 1.29 is 20.4 Å². The van der Waals surface area contributed by atoms with Crippen LogP contribution in [0.3, 0.4) is 0 Å². The van der Waals surface area contributed by atoms with Gasteiger partial charge < -0.3 is 30.2 Å². The van der Waals surface area contributed by atoms with Gasteiger partial charge >= 0.3 is 0 Å². The Hall–Kier alpha value is -4.38. The molecule has 16 nitrogen and oxygen atoms in total. The number of aliphatic hydroxyl groups excluding tert-OH is 1. The number of nitro benzene ring substituents is 2. The molecule has 0 unspecified atom stereocenters. The molecule has 5 N–H and O–H groups in total. The number of hydrogen-bond donors (Lipinski definition) is 3. The van der Waals surface area contributed by atoms with Gasteiger partial charge in [-0.3, -0.25) is 30.4 Å². The molecule has 2 aliphatic rings. The van der Waals surface area contributed by atoms with Gasteiger partial charge in [0, 0.05) is 83.7 Å². The van der Waals surface area contributed by atoms with Crippen LogP contribution >= 0.6 is 0 Å². The van der Waals surface area contributed by atoms with Gasteiger partial charge in [0.25, 0.3) is 11.4 Å². The molecule has 2 saturated heterocycles. The van der Waals surface area contributed by atoms with Gasteiger partial charge in [-0.1, -0.05) is 0 Å². The number of anilines is 2. The van der Waals surface area contributed by atoms with E-state index in [4.69, 9.17) is 5.11 Å². The Morgan fingerprint density at radius 2 is 1.02 bits per heavy atom. The molecule has 0 saturated carbocycles. The number of aliphatic hydroxyl groups is 1. The molecule has 0 spiro atoms. The normalized spacial score (nSPS) is 15.9. The third-order valence-electron chi connectivity index (χ3n) is 7.08. The van der Waals surface area contributed by atoms with Crippen molar-refractivity contribution in [1.82, 2.24) is 30.2 Å². The van der Waals surface area contributed by atoms with Crippen LogP contribution in [0.15, 0.2) is 36.4 Å². The highest BCUT2D eigenvalue weighted by molar-refractivity contribution is 5.92. The topological polar surface area (TPSA) is 208 Å². The molecule has 0 bridgehead atoms. The number of nitro groups is 2. The quantitative estimate of drug-likeness (QED) is 0.234. The third kappa shape index (κ3) is 7.04.